The lowest BCUT2D eigenvalue weighted by Gasteiger charge is -2.26. The Morgan fingerprint density at radius 1 is 1.03 bits per heavy atom. The molecule has 0 radical (unpaired) electrons. The highest BCUT2D eigenvalue weighted by atomic mass is 32.2. The van der Waals surface area contributed by atoms with Gasteiger partial charge < -0.3 is 16.0 Å². The lowest BCUT2D eigenvalue weighted by atomic mass is 9.84. The van der Waals surface area contributed by atoms with Gasteiger partial charge in [0.15, 0.2) is 9.84 Å². The van der Waals surface area contributed by atoms with Crippen molar-refractivity contribution >= 4 is 27.3 Å². The summed E-state index contributed by atoms with van der Waals surface area (Å²) in [4.78, 5) is 25.9. The van der Waals surface area contributed by atoms with E-state index in [0.29, 0.717) is 25.4 Å². The van der Waals surface area contributed by atoms with E-state index >= 15 is 0 Å². The van der Waals surface area contributed by atoms with Gasteiger partial charge in [-0.15, -0.1) is 0 Å². The Bertz CT molecular complexity index is 1080. The van der Waals surface area contributed by atoms with Crippen molar-refractivity contribution in [3.05, 3.63) is 59.9 Å². The number of nitrogens with one attached hydrogen (secondary N) is 3. The van der Waals surface area contributed by atoms with Crippen LogP contribution >= 0.6 is 0 Å². The van der Waals surface area contributed by atoms with Crippen LogP contribution in [0.2, 0.25) is 0 Å². The first kappa shape index (κ1) is 25.7. The van der Waals surface area contributed by atoms with E-state index in [2.05, 4.69) is 16.0 Å². The van der Waals surface area contributed by atoms with E-state index in [1.165, 1.54) is 42.8 Å². The quantitative estimate of drug-likeness (QED) is 0.443. The molecule has 0 spiro atoms. The third-order valence-electron chi connectivity index (χ3n) is 6.04. The number of carbonyl (C=O) groups is 2. The third kappa shape index (κ3) is 7.83. The number of rotatable bonds is 10. The van der Waals surface area contributed by atoms with Crippen molar-refractivity contribution in [1.82, 2.24) is 10.6 Å². The predicted molar refractivity (Wildman–Crippen MR) is 130 cm³/mol. The molecule has 7 nitrogen and oxygen atoms in total. The van der Waals surface area contributed by atoms with Crippen LogP contribution in [-0.2, 0) is 14.6 Å². The average molecular weight is 490 g/mol. The topological polar surface area (TPSA) is 104 Å². The highest BCUT2D eigenvalue weighted by Crippen LogP contribution is 2.27. The maximum Gasteiger partial charge on any atom is 0.251 e. The summed E-state index contributed by atoms with van der Waals surface area (Å²) in [6, 6.07) is 11.0. The van der Waals surface area contributed by atoms with E-state index in [1.54, 1.807) is 12.1 Å². The largest absolute Gasteiger partial charge is 0.383 e. The molecule has 3 rings (SSSR count). The zero-order valence-corrected chi connectivity index (χ0v) is 20.2. The summed E-state index contributed by atoms with van der Waals surface area (Å²) in [6.07, 6.45) is 7.09. The summed E-state index contributed by atoms with van der Waals surface area (Å²) >= 11 is 0. The number of anilines is 1. The Labute approximate surface area is 200 Å². The number of amides is 2. The molecule has 1 atom stereocenters. The Kier molecular flexibility index (Phi) is 9.04. The second-order valence-corrected chi connectivity index (χ2v) is 10.8. The molecule has 3 N–H and O–H groups in total. The Morgan fingerprint density at radius 2 is 1.74 bits per heavy atom. The van der Waals surface area contributed by atoms with Crippen molar-refractivity contribution < 1.29 is 22.4 Å². The van der Waals surface area contributed by atoms with E-state index in [4.69, 9.17) is 0 Å². The Balaban J connectivity index is 1.62. The molecule has 0 aromatic heterocycles. The van der Waals surface area contributed by atoms with Crippen LogP contribution in [0.4, 0.5) is 10.1 Å². The molecule has 184 valence electrons. The molecule has 1 fully saturated rings. The van der Waals surface area contributed by atoms with E-state index < -0.39 is 21.8 Å². The van der Waals surface area contributed by atoms with Crippen LogP contribution in [0.15, 0.2) is 53.4 Å². The number of hydrogen-bond donors (Lipinski definition) is 3. The standard InChI is InChI=1S/C25H32FN3O4S/c1-34(32,33)22-9-5-8-19(17-22)24(30)29-23(16-18-6-3-2-4-7-18)25(31)28-15-14-27-21-12-10-20(26)11-13-21/h5,8-13,17-18,23,27H,2-4,6-7,14-16H2,1H3,(H,28,31)(H,29,30)/t23-/m0/s1. The molecule has 2 aromatic carbocycles. The van der Waals surface area contributed by atoms with E-state index in [9.17, 15) is 22.4 Å². The first-order valence-corrected chi connectivity index (χ1v) is 13.5. The monoisotopic (exact) mass is 489 g/mol. The zero-order chi connectivity index (χ0) is 24.6. The molecule has 0 bridgehead atoms. The molecule has 1 saturated carbocycles. The van der Waals surface area contributed by atoms with Crippen LogP contribution in [0, 0.1) is 11.7 Å². The SMILES string of the molecule is CS(=O)(=O)c1cccc(C(=O)N[C@@H](CC2CCCCC2)C(=O)NCCNc2ccc(F)cc2)c1. The van der Waals surface area contributed by atoms with E-state index in [1.807, 2.05) is 0 Å². The molecule has 2 amide bonds. The molecule has 1 aliphatic rings. The normalized spacial score (nSPS) is 15.4. The maximum absolute atomic E-state index is 13.0. The minimum Gasteiger partial charge on any atom is -0.383 e. The summed E-state index contributed by atoms with van der Waals surface area (Å²) in [5.74, 6) is -0.725. The first-order chi connectivity index (χ1) is 16.2. The molecule has 0 heterocycles. The smallest absolute Gasteiger partial charge is 0.251 e. The van der Waals surface area contributed by atoms with Crippen LogP contribution in [0.3, 0.4) is 0 Å². The van der Waals surface area contributed by atoms with Crippen molar-refractivity contribution in [1.29, 1.82) is 0 Å². The van der Waals surface area contributed by atoms with Crippen molar-refractivity contribution in [3.8, 4) is 0 Å². The van der Waals surface area contributed by atoms with Crippen LogP contribution in [-0.4, -0.2) is 45.6 Å². The van der Waals surface area contributed by atoms with Crippen molar-refractivity contribution in [2.45, 2.75) is 49.5 Å². The number of halogens is 1. The van der Waals surface area contributed by atoms with Gasteiger partial charge in [0.2, 0.25) is 5.91 Å². The number of hydrogen-bond acceptors (Lipinski definition) is 5. The fourth-order valence-electron chi connectivity index (χ4n) is 4.18. The summed E-state index contributed by atoms with van der Waals surface area (Å²) in [5.41, 5.74) is 0.941. The van der Waals surface area contributed by atoms with Gasteiger partial charge in [0.25, 0.3) is 5.91 Å². The van der Waals surface area contributed by atoms with Gasteiger partial charge in [0.05, 0.1) is 4.90 Å². The average Bonchev–Trinajstić information content (AvgIpc) is 2.82. The predicted octanol–water partition coefficient (Wildman–Crippen LogP) is 3.53. The second kappa shape index (κ2) is 12.0. The molecule has 0 unspecified atom stereocenters. The summed E-state index contributed by atoms with van der Waals surface area (Å²) < 4.78 is 36.7. The highest BCUT2D eigenvalue weighted by Gasteiger charge is 2.26. The fourth-order valence-corrected chi connectivity index (χ4v) is 4.85. The van der Waals surface area contributed by atoms with E-state index in [0.717, 1.165) is 37.6 Å². The summed E-state index contributed by atoms with van der Waals surface area (Å²) in [5, 5.41) is 8.79. The summed E-state index contributed by atoms with van der Waals surface area (Å²) in [6.45, 7) is 0.773. The highest BCUT2D eigenvalue weighted by molar-refractivity contribution is 7.90. The second-order valence-electron chi connectivity index (χ2n) is 8.79. The van der Waals surface area contributed by atoms with E-state index in [-0.39, 0.29) is 22.2 Å². The van der Waals surface area contributed by atoms with Gasteiger partial charge in [-0.3, -0.25) is 9.59 Å². The number of sulfone groups is 1. The van der Waals surface area contributed by atoms with Gasteiger partial charge in [-0.05, 0) is 54.8 Å². The molecular weight excluding hydrogens is 457 g/mol. The first-order valence-electron chi connectivity index (χ1n) is 11.6. The van der Waals surface area contributed by atoms with Gasteiger partial charge >= 0.3 is 0 Å². The molecule has 0 aliphatic heterocycles. The number of carbonyl (C=O) groups excluding carboxylic acids is 2. The Morgan fingerprint density at radius 3 is 2.41 bits per heavy atom. The lowest BCUT2D eigenvalue weighted by molar-refractivity contribution is -0.123. The summed E-state index contributed by atoms with van der Waals surface area (Å²) in [7, 11) is -3.45. The zero-order valence-electron chi connectivity index (χ0n) is 19.3. The van der Waals surface area contributed by atoms with Crippen molar-refractivity contribution in [3.63, 3.8) is 0 Å². The van der Waals surface area contributed by atoms with Gasteiger partial charge in [-0.2, -0.15) is 0 Å². The van der Waals surface area contributed by atoms with Gasteiger partial charge in [0.1, 0.15) is 11.9 Å². The lowest BCUT2D eigenvalue weighted by Crippen LogP contribution is -2.48. The van der Waals surface area contributed by atoms with Crippen LogP contribution in [0.1, 0.15) is 48.9 Å². The van der Waals surface area contributed by atoms with Crippen LogP contribution in [0.25, 0.3) is 0 Å². The van der Waals surface area contributed by atoms with Crippen molar-refractivity contribution in [2.24, 2.45) is 5.92 Å². The Hall–Kier alpha value is -2.94. The molecule has 1 aliphatic carbocycles. The molecule has 9 heteroatoms. The van der Waals surface area contributed by atoms with Gasteiger partial charge in [-0.1, -0.05) is 38.2 Å². The van der Waals surface area contributed by atoms with Crippen LogP contribution in [0.5, 0.6) is 0 Å². The fraction of sp³-hybridized carbons (Fsp3) is 0.440. The van der Waals surface area contributed by atoms with Crippen molar-refractivity contribution in [2.75, 3.05) is 24.7 Å². The molecular formula is C25H32FN3O4S. The van der Waals surface area contributed by atoms with Crippen LogP contribution < -0.4 is 16.0 Å². The molecule has 2 aromatic rings. The number of benzene rings is 2. The van der Waals surface area contributed by atoms with Gasteiger partial charge in [-0.25, -0.2) is 12.8 Å². The van der Waals surface area contributed by atoms with Gasteiger partial charge in [0, 0.05) is 30.6 Å². The minimum atomic E-state index is -3.45. The minimum absolute atomic E-state index is 0.0558. The maximum atomic E-state index is 13.0. The molecule has 0 saturated heterocycles. The molecule has 34 heavy (non-hydrogen) atoms. The third-order valence-corrected chi connectivity index (χ3v) is 7.15.